The Balaban J connectivity index is 1.67. The largest absolute Gasteiger partial charge is 0.322 e. The zero-order valence-corrected chi connectivity index (χ0v) is 15.1. The lowest BCUT2D eigenvalue weighted by atomic mass is 10.1. The van der Waals surface area contributed by atoms with Crippen molar-refractivity contribution in [1.82, 2.24) is 9.97 Å². The highest BCUT2D eigenvalue weighted by Gasteiger charge is 2.32. The summed E-state index contributed by atoms with van der Waals surface area (Å²) in [6.45, 7) is 3.80. The van der Waals surface area contributed by atoms with E-state index < -0.39 is 5.82 Å². The molecule has 0 radical (unpaired) electrons. The minimum Gasteiger partial charge on any atom is -0.322 e. The van der Waals surface area contributed by atoms with Crippen LogP contribution in [0.5, 0.6) is 0 Å². The number of carbonyl (C=O) groups is 1. The quantitative estimate of drug-likeness (QED) is 0.756. The fourth-order valence-electron chi connectivity index (χ4n) is 3.42. The Labute approximate surface area is 156 Å². The predicted molar refractivity (Wildman–Crippen MR) is 103 cm³/mol. The third kappa shape index (κ3) is 3.26. The second kappa shape index (κ2) is 6.79. The predicted octanol–water partition coefficient (Wildman–Crippen LogP) is 4.26. The second-order valence-electron chi connectivity index (χ2n) is 6.68. The molecule has 0 saturated carbocycles. The summed E-state index contributed by atoms with van der Waals surface area (Å²) in [6.07, 6.45) is 0.812. The second-order valence-corrected chi connectivity index (χ2v) is 6.68. The molecule has 5 nitrogen and oxygen atoms in total. The lowest BCUT2D eigenvalue weighted by Crippen LogP contribution is -2.36. The van der Waals surface area contributed by atoms with Gasteiger partial charge in [0.1, 0.15) is 11.5 Å². The summed E-state index contributed by atoms with van der Waals surface area (Å²) in [6, 6.07) is 15.9. The number of para-hydroxylation sites is 2. The topological polar surface area (TPSA) is 58.1 Å². The number of aromatic nitrogens is 2. The maximum atomic E-state index is 13.9. The Morgan fingerprint density at radius 2 is 1.89 bits per heavy atom. The molecule has 0 aliphatic carbocycles. The lowest BCUT2D eigenvalue weighted by molar-refractivity contribution is 0.0976. The first-order chi connectivity index (χ1) is 13.0. The Hall–Kier alpha value is -3.28. The van der Waals surface area contributed by atoms with Crippen molar-refractivity contribution in [3.05, 3.63) is 77.4 Å². The Morgan fingerprint density at radius 3 is 2.70 bits per heavy atom. The maximum Gasteiger partial charge on any atom is 0.277 e. The minimum atomic E-state index is -0.405. The number of halogens is 1. The molecule has 1 aliphatic heterocycles. The number of rotatable bonds is 3. The van der Waals surface area contributed by atoms with E-state index in [1.54, 1.807) is 36.1 Å². The third-order valence-corrected chi connectivity index (χ3v) is 4.62. The number of anilines is 3. The van der Waals surface area contributed by atoms with E-state index in [0.29, 0.717) is 5.69 Å². The molecule has 0 spiro atoms. The number of benzene rings is 2. The van der Waals surface area contributed by atoms with Gasteiger partial charge in [0.2, 0.25) is 5.95 Å². The summed E-state index contributed by atoms with van der Waals surface area (Å²) >= 11 is 0. The van der Waals surface area contributed by atoms with Crippen molar-refractivity contribution in [2.45, 2.75) is 26.3 Å². The van der Waals surface area contributed by atoms with E-state index in [1.165, 1.54) is 6.07 Å². The van der Waals surface area contributed by atoms with Crippen LogP contribution < -0.4 is 10.2 Å². The number of nitrogens with one attached hydrogen (secondary N) is 1. The average molecular weight is 362 g/mol. The number of fused-ring (bicyclic) bond motifs is 1. The van der Waals surface area contributed by atoms with Crippen molar-refractivity contribution in [3.63, 3.8) is 0 Å². The van der Waals surface area contributed by atoms with Gasteiger partial charge in [-0.3, -0.25) is 4.79 Å². The highest BCUT2D eigenvalue weighted by molar-refractivity contribution is 6.06. The molecule has 1 atom stereocenters. The van der Waals surface area contributed by atoms with Crippen molar-refractivity contribution in [2.75, 3.05) is 10.2 Å². The molecule has 27 heavy (non-hydrogen) atoms. The Morgan fingerprint density at radius 1 is 1.15 bits per heavy atom. The zero-order chi connectivity index (χ0) is 19.0. The number of amides is 1. The van der Waals surface area contributed by atoms with Crippen molar-refractivity contribution in [2.24, 2.45) is 0 Å². The standard InChI is InChI=1S/C21H19FN4O/c1-13-11-18(25-21(23-13)24-17-9-5-4-8-16(17)22)20(27)26-14(2)12-15-7-3-6-10-19(15)26/h3-11,14H,12H2,1-2H3,(H,23,24,25). The molecule has 1 aliphatic rings. The van der Waals surface area contributed by atoms with Crippen LogP contribution in [-0.2, 0) is 6.42 Å². The molecule has 1 amide bonds. The van der Waals surface area contributed by atoms with Crippen LogP contribution >= 0.6 is 0 Å². The van der Waals surface area contributed by atoms with Crippen LogP contribution in [-0.4, -0.2) is 21.9 Å². The highest BCUT2D eigenvalue weighted by Crippen LogP contribution is 2.33. The van der Waals surface area contributed by atoms with Gasteiger partial charge in [-0.15, -0.1) is 0 Å². The number of hydrogen-bond acceptors (Lipinski definition) is 4. The van der Waals surface area contributed by atoms with Crippen LogP contribution in [0.25, 0.3) is 0 Å². The zero-order valence-electron chi connectivity index (χ0n) is 15.1. The van der Waals surface area contributed by atoms with E-state index in [-0.39, 0.29) is 29.3 Å². The van der Waals surface area contributed by atoms with Crippen LogP contribution in [0.4, 0.5) is 21.7 Å². The molecule has 0 fully saturated rings. The van der Waals surface area contributed by atoms with Gasteiger partial charge in [-0.1, -0.05) is 30.3 Å². The molecule has 1 N–H and O–H groups in total. The molecule has 2 heterocycles. The number of hydrogen-bond donors (Lipinski definition) is 1. The van der Waals surface area contributed by atoms with Crippen LogP contribution in [0.2, 0.25) is 0 Å². The molecular weight excluding hydrogens is 343 g/mol. The van der Waals surface area contributed by atoms with Gasteiger partial charge in [-0.25, -0.2) is 14.4 Å². The molecule has 4 rings (SSSR count). The smallest absolute Gasteiger partial charge is 0.277 e. The molecule has 2 aromatic carbocycles. The number of nitrogens with zero attached hydrogens (tertiary/aromatic N) is 3. The van der Waals surface area contributed by atoms with Crippen LogP contribution in [0.3, 0.4) is 0 Å². The summed E-state index contributed by atoms with van der Waals surface area (Å²) in [4.78, 5) is 23.6. The van der Waals surface area contributed by atoms with Gasteiger partial charge in [-0.05, 0) is 50.1 Å². The summed E-state index contributed by atoms with van der Waals surface area (Å²) < 4.78 is 13.9. The van der Waals surface area contributed by atoms with Crippen LogP contribution in [0.1, 0.15) is 28.7 Å². The summed E-state index contributed by atoms with van der Waals surface area (Å²) in [7, 11) is 0. The van der Waals surface area contributed by atoms with Gasteiger partial charge in [0.15, 0.2) is 0 Å². The van der Waals surface area contributed by atoms with Gasteiger partial charge in [0.05, 0.1) is 5.69 Å². The monoisotopic (exact) mass is 362 g/mol. The molecule has 6 heteroatoms. The minimum absolute atomic E-state index is 0.0492. The van der Waals surface area contributed by atoms with Crippen molar-refractivity contribution in [3.8, 4) is 0 Å². The Kier molecular flexibility index (Phi) is 4.32. The lowest BCUT2D eigenvalue weighted by Gasteiger charge is -2.22. The molecule has 0 saturated heterocycles. The van der Waals surface area contributed by atoms with Crippen molar-refractivity contribution < 1.29 is 9.18 Å². The van der Waals surface area contributed by atoms with E-state index in [4.69, 9.17) is 0 Å². The van der Waals surface area contributed by atoms with E-state index in [9.17, 15) is 9.18 Å². The van der Waals surface area contributed by atoms with E-state index >= 15 is 0 Å². The summed E-state index contributed by atoms with van der Waals surface area (Å²) in [5.74, 6) is -0.393. The summed E-state index contributed by atoms with van der Waals surface area (Å²) in [5, 5.41) is 2.86. The van der Waals surface area contributed by atoms with Crippen molar-refractivity contribution >= 4 is 23.2 Å². The number of aryl methyl sites for hydroxylation is 1. The van der Waals surface area contributed by atoms with E-state index in [1.807, 2.05) is 31.2 Å². The molecule has 136 valence electrons. The SMILES string of the molecule is Cc1cc(C(=O)N2c3ccccc3CC2C)nc(Nc2ccccc2F)n1. The molecule has 1 aromatic heterocycles. The van der Waals surface area contributed by atoms with Gasteiger partial charge < -0.3 is 10.2 Å². The van der Waals surface area contributed by atoms with Gasteiger partial charge in [-0.2, -0.15) is 0 Å². The van der Waals surface area contributed by atoms with Crippen LogP contribution in [0.15, 0.2) is 54.6 Å². The first-order valence-electron chi connectivity index (χ1n) is 8.81. The fourth-order valence-corrected chi connectivity index (χ4v) is 3.42. The van der Waals surface area contributed by atoms with Crippen molar-refractivity contribution in [1.29, 1.82) is 0 Å². The average Bonchev–Trinajstić information content (AvgIpc) is 2.98. The molecular formula is C21H19FN4O. The Bertz CT molecular complexity index is 1020. The molecule has 0 bridgehead atoms. The molecule has 3 aromatic rings. The van der Waals surface area contributed by atoms with Crippen LogP contribution in [0, 0.1) is 12.7 Å². The van der Waals surface area contributed by atoms with Gasteiger partial charge >= 0.3 is 0 Å². The van der Waals surface area contributed by atoms with E-state index in [2.05, 4.69) is 15.3 Å². The van der Waals surface area contributed by atoms with Gasteiger partial charge in [0.25, 0.3) is 5.91 Å². The molecule has 1 unspecified atom stereocenters. The maximum absolute atomic E-state index is 13.9. The third-order valence-electron chi connectivity index (χ3n) is 4.62. The first kappa shape index (κ1) is 17.1. The van der Waals surface area contributed by atoms with E-state index in [0.717, 1.165) is 17.7 Å². The van der Waals surface area contributed by atoms with Gasteiger partial charge in [0, 0.05) is 17.4 Å². The fraction of sp³-hybridized carbons (Fsp3) is 0.190. The normalized spacial score (nSPS) is 15.5. The first-order valence-corrected chi connectivity index (χ1v) is 8.81. The highest BCUT2D eigenvalue weighted by atomic mass is 19.1. The summed E-state index contributed by atoms with van der Waals surface area (Å²) in [5.41, 5.74) is 3.24. The number of carbonyl (C=O) groups excluding carboxylic acids is 1.